The number of amides is 1. The van der Waals surface area contributed by atoms with Crippen LogP contribution in [0.25, 0.3) is 0 Å². The average molecular weight is 229 g/mol. The van der Waals surface area contributed by atoms with E-state index in [0.717, 1.165) is 11.5 Å². The number of hydrogen-bond donors (Lipinski definition) is 2. The molecule has 1 rings (SSSR count). The van der Waals surface area contributed by atoms with Crippen LogP contribution in [0.2, 0.25) is 0 Å². The molecule has 0 aromatic carbocycles. The van der Waals surface area contributed by atoms with E-state index in [-0.39, 0.29) is 11.8 Å². The van der Waals surface area contributed by atoms with Gasteiger partial charge < -0.3 is 10.4 Å². The van der Waals surface area contributed by atoms with Gasteiger partial charge in [0, 0.05) is 18.1 Å². The summed E-state index contributed by atoms with van der Waals surface area (Å²) in [7, 11) is 0. The number of carbonyl (C=O) groups excluding carboxylic acids is 1. The topological polar surface area (TPSA) is 66.4 Å². The van der Waals surface area contributed by atoms with E-state index < -0.39 is 11.9 Å². The van der Waals surface area contributed by atoms with Crippen molar-refractivity contribution in [3.8, 4) is 0 Å². The Bertz CT molecular complexity index is 267. The molecule has 4 nitrogen and oxygen atoms in total. The summed E-state index contributed by atoms with van der Waals surface area (Å²) in [5.74, 6) is -0.0327. The second-order valence-corrected chi connectivity index (χ2v) is 4.59. The Labute approximate surface area is 93.1 Å². The predicted molar refractivity (Wildman–Crippen MR) is 59.8 cm³/mol. The molecule has 15 heavy (non-hydrogen) atoms. The van der Waals surface area contributed by atoms with Crippen molar-refractivity contribution < 1.29 is 14.7 Å². The van der Waals surface area contributed by atoms with Crippen LogP contribution >= 0.6 is 11.8 Å². The summed E-state index contributed by atoms with van der Waals surface area (Å²) in [6.07, 6.45) is 2.30. The third-order valence-corrected chi connectivity index (χ3v) is 3.19. The molecule has 0 heterocycles. The Balaban J connectivity index is 2.05. The third-order valence-electron chi connectivity index (χ3n) is 2.23. The van der Waals surface area contributed by atoms with Crippen LogP contribution in [0.1, 0.15) is 6.42 Å². The van der Waals surface area contributed by atoms with Gasteiger partial charge in [0.15, 0.2) is 0 Å². The molecule has 1 aliphatic carbocycles. The maximum Gasteiger partial charge on any atom is 0.307 e. The Morgan fingerprint density at radius 1 is 1.53 bits per heavy atom. The first-order valence-corrected chi connectivity index (χ1v) is 6.01. The quantitative estimate of drug-likeness (QED) is 0.499. The molecule has 84 valence electrons. The summed E-state index contributed by atoms with van der Waals surface area (Å²) < 4.78 is 0. The van der Waals surface area contributed by atoms with Gasteiger partial charge in [-0.3, -0.25) is 9.59 Å². The zero-order valence-electron chi connectivity index (χ0n) is 8.44. The number of carboxylic acid groups (broad SMARTS) is 1. The summed E-state index contributed by atoms with van der Waals surface area (Å²) >= 11 is 1.69. The van der Waals surface area contributed by atoms with Gasteiger partial charge in [0.1, 0.15) is 0 Å². The molecular weight excluding hydrogens is 214 g/mol. The van der Waals surface area contributed by atoms with Gasteiger partial charge in [0.2, 0.25) is 5.91 Å². The lowest BCUT2D eigenvalue weighted by atomic mass is 10.3. The molecule has 2 unspecified atom stereocenters. The van der Waals surface area contributed by atoms with Crippen molar-refractivity contribution in [2.75, 3.05) is 18.1 Å². The molecule has 0 saturated heterocycles. The first-order chi connectivity index (χ1) is 7.16. The van der Waals surface area contributed by atoms with Crippen molar-refractivity contribution in [1.29, 1.82) is 0 Å². The highest BCUT2D eigenvalue weighted by Crippen LogP contribution is 2.38. The van der Waals surface area contributed by atoms with E-state index in [4.69, 9.17) is 5.11 Å². The molecule has 1 aliphatic rings. The number of carbonyl (C=O) groups is 2. The van der Waals surface area contributed by atoms with E-state index in [2.05, 4.69) is 11.9 Å². The van der Waals surface area contributed by atoms with Gasteiger partial charge in [-0.15, -0.1) is 6.58 Å². The Kier molecular flexibility index (Phi) is 4.68. The lowest BCUT2D eigenvalue weighted by molar-refractivity contribution is -0.140. The van der Waals surface area contributed by atoms with Crippen molar-refractivity contribution >= 4 is 23.6 Å². The largest absolute Gasteiger partial charge is 0.481 e. The molecule has 0 aliphatic heterocycles. The smallest absolute Gasteiger partial charge is 0.307 e. The van der Waals surface area contributed by atoms with Crippen LogP contribution in [0.3, 0.4) is 0 Å². The summed E-state index contributed by atoms with van der Waals surface area (Å²) in [5, 5.41) is 11.3. The molecule has 0 aromatic rings. The number of thioether (sulfide) groups is 1. The Morgan fingerprint density at radius 2 is 2.27 bits per heavy atom. The summed E-state index contributed by atoms with van der Waals surface area (Å²) in [5.41, 5.74) is 0. The molecule has 0 radical (unpaired) electrons. The second-order valence-electron chi connectivity index (χ2n) is 3.44. The highest BCUT2D eigenvalue weighted by Gasteiger charge is 2.48. The molecule has 1 amide bonds. The number of hydrogen-bond acceptors (Lipinski definition) is 3. The minimum atomic E-state index is -0.865. The standard InChI is InChI=1S/C10H15NO3S/c1-2-4-15-5-3-11-9(12)7-6-8(7)10(13)14/h2,7-8H,1,3-6H2,(H,11,12)(H,13,14). The zero-order chi connectivity index (χ0) is 11.3. The molecular formula is C10H15NO3S. The minimum Gasteiger partial charge on any atom is -0.481 e. The van der Waals surface area contributed by atoms with Crippen molar-refractivity contribution in [1.82, 2.24) is 5.32 Å². The zero-order valence-corrected chi connectivity index (χ0v) is 9.26. The van der Waals surface area contributed by atoms with Crippen LogP contribution in [-0.4, -0.2) is 35.0 Å². The molecule has 5 heteroatoms. The fraction of sp³-hybridized carbons (Fsp3) is 0.600. The highest BCUT2D eigenvalue weighted by molar-refractivity contribution is 7.99. The molecule has 1 fully saturated rings. The van der Waals surface area contributed by atoms with Crippen molar-refractivity contribution in [3.05, 3.63) is 12.7 Å². The lowest BCUT2D eigenvalue weighted by Crippen LogP contribution is -2.28. The van der Waals surface area contributed by atoms with Gasteiger partial charge >= 0.3 is 5.97 Å². The number of carboxylic acids is 1. The lowest BCUT2D eigenvalue weighted by Gasteiger charge is -2.02. The van der Waals surface area contributed by atoms with Gasteiger partial charge in [-0.1, -0.05) is 6.08 Å². The van der Waals surface area contributed by atoms with Gasteiger partial charge in [0.25, 0.3) is 0 Å². The van der Waals surface area contributed by atoms with E-state index >= 15 is 0 Å². The van der Waals surface area contributed by atoms with Crippen LogP contribution in [0.15, 0.2) is 12.7 Å². The normalized spacial score (nSPS) is 23.2. The fourth-order valence-corrected chi connectivity index (χ4v) is 1.88. The van der Waals surface area contributed by atoms with Crippen LogP contribution in [0, 0.1) is 11.8 Å². The number of nitrogens with one attached hydrogen (secondary N) is 1. The molecule has 0 bridgehead atoms. The molecule has 0 aromatic heterocycles. The predicted octanol–water partition coefficient (Wildman–Crippen LogP) is 0.742. The number of aliphatic carboxylic acids is 1. The van der Waals surface area contributed by atoms with E-state index in [1.54, 1.807) is 11.8 Å². The second kappa shape index (κ2) is 5.80. The maximum absolute atomic E-state index is 11.3. The van der Waals surface area contributed by atoms with Crippen LogP contribution in [0.5, 0.6) is 0 Å². The first-order valence-electron chi connectivity index (χ1n) is 4.86. The van der Waals surface area contributed by atoms with E-state index in [0.29, 0.717) is 13.0 Å². The van der Waals surface area contributed by atoms with Crippen molar-refractivity contribution in [3.63, 3.8) is 0 Å². The van der Waals surface area contributed by atoms with Crippen LogP contribution < -0.4 is 5.32 Å². The minimum absolute atomic E-state index is 0.124. The Morgan fingerprint density at radius 3 is 2.80 bits per heavy atom. The van der Waals surface area contributed by atoms with E-state index in [1.807, 2.05) is 6.08 Å². The molecule has 2 N–H and O–H groups in total. The summed E-state index contributed by atoms with van der Waals surface area (Å²) in [4.78, 5) is 21.8. The summed E-state index contributed by atoms with van der Waals surface area (Å²) in [6.45, 7) is 4.18. The SMILES string of the molecule is C=CCSCCNC(=O)C1CC1C(=O)O. The Hall–Kier alpha value is -0.970. The molecule has 1 saturated carbocycles. The molecule has 0 spiro atoms. The van der Waals surface area contributed by atoms with Crippen molar-refractivity contribution in [2.24, 2.45) is 11.8 Å². The first kappa shape index (κ1) is 12.1. The van der Waals surface area contributed by atoms with Gasteiger partial charge in [-0.2, -0.15) is 11.8 Å². The maximum atomic E-state index is 11.3. The van der Waals surface area contributed by atoms with Crippen LogP contribution in [-0.2, 0) is 9.59 Å². The average Bonchev–Trinajstić information content (AvgIpc) is 2.96. The van der Waals surface area contributed by atoms with Crippen LogP contribution in [0.4, 0.5) is 0 Å². The van der Waals surface area contributed by atoms with Gasteiger partial charge in [0.05, 0.1) is 11.8 Å². The number of rotatable bonds is 7. The van der Waals surface area contributed by atoms with E-state index in [1.165, 1.54) is 0 Å². The van der Waals surface area contributed by atoms with Crippen molar-refractivity contribution in [2.45, 2.75) is 6.42 Å². The monoisotopic (exact) mass is 229 g/mol. The van der Waals surface area contributed by atoms with E-state index in [9.17, 15) is 9.59 Å². The fourth-order valence-electron chi connectivity index (χ4n) is 1.30. The summed E-state index contributed by atoms with van der Waals surface area (Å²) in [6, 6.07) is 0. The van der Waals surface area contributed by atoms with Gasteiger partial charge in [-0.05, 0) is 6.42 Å². The highest BCUT2D eigenvalue weighted by atomic mass is 32.2. The van der Waals surface area contributed by atoms with Gasteiger partial charge in [-0.25, -0.2) is 0 Å². The third kappa shape index (κ3) is 3.95. The molecule has 2 atom stereocenters.